The topological polar surface area (TPSA) is 64.5 Å². The molecule has 1 saturated heterocycles. The second-order valence-electron chi connectivity index (χ2n) is 6.85. The smallest absolute Gasteiger partial charge is 0.434 e. The van der Waals surface area contributed by atoms with Crippen molar-refractivity contribution in [1.29, 1.82) is 0 Å². The van der Waals surface area contributed by atoms with E-state index in [9.17, 15) is 18.0 Å². The van der Waals surface area contributed by atoms with Gasteiger partial charge in [-0.05, 0) is 24.0 Å². The van der Waals surface area contributed by atoms with Gasteiger partial charge in [-0.15, -0.1) is 0 Å². The Kier molecular flexibility index (Phi) is 4.49. The quantitative estimate of drug-likeness (QED) is 0.730. The highest BCUT2D eigenvalue weighted by molar-refractivity contribution is 5.90. The molecular formula is C19H18F3N3O3. The number of carbonyl (C=O) groups excluding carboxylic acids is 1. The van der Waals surface area contributed by atoms with Gasteiger partial charge in [0.1, 0.15) is 5.56 Å². The van der Waals surface area contributed by atoms with Crippen LogP contribution in [0.4, 0.5) is 19.1 Å². The highest BCUT2D eigenvalue weighted by atomic mass is 19.4. The Morgan fingerprint density at radius 3 is 2.64 bits per heavy atom. The molecule has 4 rings (SSSR count). The first-order chi connectivity index (χ1) is 13.3. The molecule has 3 heterocycles. The van der Waals surface area contributed by atoms with Crippen LogP contribution in [0.5, 0.6) is 0 Å². The molecule has 0 N–H and O–H groups in total. The van der Waals surface area contributed by atoms with Gasteiger partial charge in [0.2, 0.25) is 5.95 Å². The van der Waals surface area contributed by atoms with E-state index in [1.54, 1.807) is 4.90 Å². The maximum Gasteiger partial charge on any atom is 0.434 e. The molecule has 0 atom stereocenters. The molecule has 0 saturated carbocycles. The summed E-state index contributed by atoms with van der Waals surface area (Å²) in [6, 6.07) is 8.00. The molecule has 0 amide bonds. The molecule has 1 fully saturated rings. The van der Waals surface area contributed by atoms with E-state index in [1.807, 2.05) is 24.3 Å². The Bertz CT molecular complexity index is 909. The van der Waals surface area contributed by atoms with Crippen molar-refractivity contribution in [3.63, 3.8) is 0 Å². The van der Waals surface area contributed by atoms with Gasteiger partial charge in [-0.3, -0.25) is 0 Å². The fourth-order valence-electron chi connectivity index (χ4n) is 3.87. The predicted molar refractivity (Wildman–Crippen MR) is 92.7 cm³/mol. The number of anilines is 1. The summed E-state index contributed by atoms with van der Waals surface area (Å²) in [6.07, 6.45) is -2.67. The molecule has 1 spiro atoms. The number of esters is 1. The predicted octanol–water partition coefficient (Wildman–Crippen LogP) is 3.31. The minimum atomic E-state index is -4.79. The fourth-order valence-corrected chi connectivity index (χ4v) is 3.87. The van der Waals surface area contributed by atoms with Crippen LogP contribution in [0.15, 0.2) is 30.5 Å². The molecule has 148 valence electrons. The average Bonchev–Trinajstić information content (AvgIpc) is 3.05. The summed E-state index contributed by atoms with van der Waals surface area (Å²) in [5.74, 6) is -1.17. The van der Waals surface area contributed by atoms with Gasteiger partial charge in [0.15, 0.2) is 5.69 Å². The number of nitrogens with zero attached hydrogens (tertiary/aromatic N) is 3. The SMILES string of the molecule is COC(=O)c1cnc(N2CCC3(CC2)OCc2ccccc23)nc1C(F)(F)F. The number of hydrogen-bond donors (Lipinski definition) is 0. The average molecular weight is 393 g/mol. The number of ether oxygens (including phenoxy) is 2. The largest absolute Gasteiger partial charge is 0.465 e. The van der Waals surface area contributed by atoms with E-state index in [2.05, 4.69) is 14.7 Å². The first-order valence-electron chi connectivity index (χ1n) is 8.84. The molecule has 2 aliphatic rings. The second-order valence-corrected chi connectivity index (χ2v) is 6.85. The molecule has 0 radical (unpaired) electrons. The van der Waals surface area contributed by atoms with Crippen molar-refractivity contribution in [3.05, 3.63) is 52.8 Å². The lowest BCUT2D eigenvalue weighted by Gasteiger charge is -2.39. The Morgan fingerprint density at radius 2 is 1.96 bits per heavy atom. The maximum atomic E-state index is 13.4. The third-order valence-electron chi connectivity index (χ3n) is 5.32. The van der Waals surface area contributed by atoms with Gasteiger partial charge in [0.05, 0.1) is 19.3 Å². The number of fused-ring (bicyclic) bond motifs is 2. The van der Waals surface area contributed by atoms with E-state index in [0.717, 1.165) is 24.4 Å². The zero-order valence-corrected chi connectivity index (χ0v) is 15.1. The van der Waals surface area contributed by atoms with E-state index in [1.165, 1.54) is 0 Å². The zero-order valence-electron chi connectivity index (χ0n) is 15.1. The number of piperidine rings is 1. The summed E-state index contributed by atoms with van der Waals surface area (Å²) in [6.45, 7) is 1.44. The van der Waals surface area contributed by atoms with Crippen molar-refractivity contribution in [1.82, 2.24) is 9.97 Å². The Balaban J connectivity index is 1.58. The lowest BCUT2D eigenvalue weighted by molar-refractivity contribution is -0.141. The van der Waals surface area contributed by atoms with Gasteiger partial charge in [0, 0.05) is 19.3 Å². The number of carbonyl (C=O) groups is 1. The Labute approximate surface area is 159 Å². The minimum Gasteiger partial charge on any atom is -0.465 e. The second kappa shape index (κ2) is 6.73. The van der Waals surface area contributed by atoms with Crippen molar-refractivity contribution >= 4 is 11.9 Å². The summed E-state index contributed by atoms with van der Waals surface area (Å²) < 4.78 is 50.6. The van der Waals surface area contributed by atoms with Crippen LogP contribution in [0.25, 0.3) is 0 Å². The molecule has 6 nitrogen and oxygen atoms in total. The molecule has 2 aliphatic heterocycles. The van der Waals surface area contributed by atoms with Crippen LogP contribution in [-0.4, -0.2) is 36.1 Å². The molecule has 0 bridgehead atoms. The molecule has 9 heteroatoms. The van der Waals surface area contributed by atoms with Crippen LogP contribution in [0.2, 0.25) is 0 Å². The van der Waals surface area contributed by atoms with Gasteiger partial charge in [-0.25, -0.2) is 14.8 Å². The lowest BCUT2D eigenvalue weighted by atomic mass is 9.84. The highest BCUT2D eigenvalue weighted by Gasteiger charge is 2.44. The van der Waals surface area contributed by atoms with Crippen molar-refractivity contribution < 1.29 is 27.4 Å². The van der Waals surface area contributed by atoms with Gasteiger partial charge >= 0.3 is 12.1 Å². The zero-order chi connectivity index (χ0) is 19.9. The van der Waals surface area contributed by atoms with Crippen molar-refractivity contribution in [2.75, 3.05) is 25.1 Å². The lowest BCUT2D eigenvalue weighted by Crippen LogP contribution is -2.43. The number of halogens is 3. The molecule has 28 heavy (non-hydrogen) atoms. The molecule has 2 aromatic rings. The van der Waals surface area contributed by atoms with E-state index in [-0.39, 0.29) is 5.95 Å². The Morgan fingerprint density at radius 1 is 1.25 bits per heavy atom. The maximum absolute atomic E-state index is 13.4. The van der Waals surface area contributed by atoms with Crippen molar-refractivity contribution in [2.45, 2.75) is 31.2 Å². The summed E-state index contributed by atoms with van der Waals surface area (Å²) in [7, 11) is 1.01. The van der Waals surface area contributed by atoms with Crippen LogP contribution in [-0.2, 0) is 27.9 Å². The Hall–Kier alpha value is -2.68. The summed E-state index contributed by atoms with van der Waals surface area (Å²) in [4.78, 5) is 20.9. The normalized spacial score (nSPS) is 18.2. The van der Waals surface area contributed by atoms with Gasteiger partial charge in [-0.2, -0.15) is 13.2 Å². The monoisotopic (exact) mass is 393 g/mol. The van der Waals surface area contributed by atoms with Gasteiger partial charge < -0.3 is 14.4 Å². The van der Waals surface area contributed by atoms with E-state index in [0.29, 0.717) is 32.5 Å². The van der Waals surface area contributed by atoms with Crippen LogP contribution >= 0.6 is 0 Å². The molecule has 1 aromatic carbocycles. The summed E-state index contributed by atoms with van der Waals surface area (Å²) in [5, 5.41) is 0. The van der Waals surface area contributed by atoms with Crippen LogP contribution in [0, 0.1) is 0 Å². The van der Waals surface area contributed by atoms with Gasteiger partial charge in [0.25, 0.3) is 0 Å². The number of alkyl halides is 3. The number of aromatic nitrogens is 2. The standard InChI is InChI=1S/C19H18F3N3O3/c1-27-16(26)13-10-23-17(24-15(13)19(20,21)22)25-8-6-18(7-9-25)14-5-3-2-4-12(14)11-28-18/h2-5,10H,6-9,11H2,1H3. The fraction of sp³-hybridized carbons (Fsp3) is 0.421. The van der Waals surface area contributed by atoms with E-state index < -0.39 is 29.0 Å². The van der Waals surface area contributed by atoms with Gasteiger partial charge in [-0.1, -0.05) is 24.3 Å². The van der Waals surface area contributed by atoms with Crippen LogP contribution < -0.4 is 4.90 Å². The number of rotatable bonds is 2. The summed E-state index contributed by atoms with van der Waals surface area (Å²) in [5.41, 5.74) is -0.0970. The first-order valence-corrected chi connectivity index (χ1v) is 8.84. The van der Waals surface area contributed by atoms with Crippen LogP contribution in [0.3, 0.4) is 0 Å². The molecule has 0 unspecified atom stereocenters. The molecular weight excluding hydrogens is 375 g/mol. The molecule has 0 aliphatic carbocycles. The number of benzene rings is 1. The van der Waals surface area contributed by atoms with Crippen molar-refractivity contribution in [2.24, 2.45) is 0 Å². The third-order valence-corrected chi connectivity index (χ3v) is 5.32. The number of hydrogen-bond acceptors (Lipinski definition) is 6. The highest BCUT2D eigenvalue weighted by Crippen LogP contribution is 2.44. The third kappa shape index (κ3) is 3.09. The number of methoxy groups -OCH3 is 1. The van der Waals surface area contributed by atoms with E-state index >= 15 is 0 Å². The first kappa shape index (κ1) is 18.7. The van der Waals surface area contributed by atoms with Crippen molar-refractivity contribution in [3.8, 4) is 0 Å². The summed E-state index contributed by atoms with van der Waals surface area (Å²) >= 11 is 0. The molecule has 1 aromatic heterocycles. The van der Waals surface area contributed by atoms with E-state index in [4.69, 9.17) is 4.74 Å². The van der Waals surface area contributed by atoms with Crippen LogP contribution in [0.1, 0.15) is 40.0 Å². The minimum absolute atomic E-state index is 0.0545.